The van der Waals surface area contributed by atoms with Crippen molar-refractivity contribution in [3.63, 3.8) is 0 Å². The molecule has 2 aromatic carbocycles. The molecule has 0 aliphatic heterocycles. The fourth-order valence-electron chi connectivity index (χ4n) is 1.81. The molecule has 112 valence electrons. The summed E-state index contributed by atoms with van der Waals surface area (Å²) in [5, 5.41) is 4.64. The van der Waals surface area contributed by atoms with E-state index >= 15 is 0 Å². The topological polar surface area (TPSA) is 58.5 Å². The van der Waals surface area contributed by atoms with Gasteiger partial charge < -0.3 is 0 Å². The van der Waals surface area contributed by atoms with Crippen LogP contribution in [0, 0.1) is 0 Å². The van der Waals surface area contributed by atoms with Crippen LogP contribution in [0.4, 0.5) is 0 Å². The second-order valence-corrected chi connectivity index (χ2v) is 5.22. The quantitative estimate of drug-likeness (QED) is 0.531. The summed E-state index contributed by atoms with van der Waals surface area (Å²) in [7, 11) is 0. The van der Waals surface area contributed by atoms with Gasteiger partial charge in [0, 0.05) is 16.1 Å². The zero-order valence-electron chi connectivity index (χ0n) is 12.3. The number of amides is 1. The van der Waals surface area contributed by atoms with Crippen LogP contribution in [0.15, 0.2) is 53.6 Å². The van der Waals surface area contributed by atoms with Gasteiger partial charge in [-0.1, -0.05) is 35.9 Å². The first-order chi connectivity index (χ1) is 10.5. The van der Waals surface area contributed by atoms with E-state index in [9.17, 15) is 9.59 Å². The van der Waals surface area contributed by atoms with E-state index in [0.29, 0.717) is 21.9 Å². The van der Waals surface area contributed by atoms with Gasteiger partial charge in [-0.15, -0.1) is 0 Å². The largest absolute Gasteiger partial charge is 0.295 e. The van der Waals surface area contributed by atoms with Gasteiger partial charge in [-0.05, 0) is 43.7 Å². The molecular weight excluding hydrogens is 300 g/mol. The number of nitrogens with one attached hydrogen (secondary N) is 1. The average Bonchev–Trinajstić information content (AvgIpc) is 2.53. The van der Waals surface area contributed by atoms with Crippen LogP contribution in [0.2, 0.25) is 5.02 Å². The summed E-state index contributed by atoms with van der Waals surface area (Å²) >= 11 is 5.78. The summed E-state index contributed by atoms with van der Waals surface area (Å²) in [6.07, 6.45) is 0. The zero-order valence-corrected chi connectivity index (χ0v) is 13.0. The molecule has 0 bridgehead atoms. The Morgan fingerprint density at radius 3 is 1.91 bits per heavy atom. The molecule has 0 heterocycles. The molecule has 0 unspecified atom stereocenters. The van der Waals surface area contributed by atoms with Gasteiger partial charge in [0.05, 0.1) is 5.71 Å². The molecule has 0 radical (unpaired) electrons. The van der Waals surface area contributed by atoms with E-state index in [-0.39, 0.29) is 11.7 Å². The molecule has 4 nitrogen and oxygen atoms in total. The predicted octanol–water partition coefficient (Wildman–Crippen LogP) is 3.70. The van der Waals surface area contributed by atoms with Crippen molar-refractivity contribution in [3.8, 4) is 0 Å². The van der Waals surface area contributed by atoms with Crippen molar-refractivity contribution in [2.24, 2.45) is 5.10 Å². The van der Waals surface area contributed by atoms with Crippen LogP contribution in [-0.4, -0.2) is 17.4 Å². The summed E-state index contributed by atoms with van der Waals surface area (Å²) in [6, 6.07) is 13.6. The second-order valence-electron chi connectivity index (χ2n) is 4.78. The van der Waals surface area contributed by atoms with Gasteiger partial charge in [-0.3, -0.25) is 9.59 Å². The highest BCUT2D eigenvalue weighted by Crippen LogP contribution is 2.10. The van der Waals surface area contributed by atoms with Crippen LogP contribution in [-0.2, 0) is 0 Å². The van der Waals surface area contributed by atoms with Crippen molar-refractivity contribution in [2.45, 2.75) is 13.8 Å². The lowest BCUT2D eigenvalue weighted by Crippen LogP contribution is -2.19. The Kier molecular flexibility index (Phi) is 5.07. The smallest absolute Gasteiger partial charge is 0.271 e. The molecule has 0 spiro atoms. The monoisotopic (exact) mass is 314 g/mol. The van der Waals surface area contributed by atoms with E-state index in [1.54, 1.807) is 55.5 Å². The molecule has 0 aliphatic carbocycles. The lowest BCUT2D eigenvalue weighted by Gasteiger charge is -2.04. The number of ketones is 1. The van der Waals surface area contributed by atoms with E-state index in [2.05, 4.69) is 10.5 Å². The molecule has 0 aliphatic rings. The number of hydrogen-bond donors (Lipinski definition) is 1. The molecule has 5 heteroatoms. The molecule has 0 aromatic heterocycles. The highest BCUT2D eigenvalue weighted by atomic mass is 35.5. The van der Waals surface area contributed by atoms with Crippen molar-refractivity contribution in [1.82, 2.24) is 5.43 Å². The molecule has 22 heavy (non-hydrogen) atoms. The third kappa shape index (κ3) is 4.02. The van der Waals surface area contributed by atoms with Gasteiger partial charge in [-0.2, -0.15) is 5.10 Å². The highest BCUT2D eigenvalue weighted by molar-refractivity contribution is 6.30. The number of benzene rings is 2. The first kappa shape index (κ1) is 15.9. The second kappa shape index (κ2) is 7.00. The number of nitrogens with zero attached hydrogens (tertiary/aromatic N) is 1. The van der Waals surface area contributed by atoms with Crippen LogP contribution >= 0.6 is 11.6 Å². The molecule has 0 saturated carbocycles. The maximum atomic E-state index is 11.9. The highest BCUT2D eigenvalue weighted by Gasteiger charge is 2.05. The summed E-state index contributed by atoms with van der Waals surface area (Å²) in [6.45, 7) is 3.30. The Morgan fingerprint density at radius 2 is 1.36 bits per heavy atom. The van der Waals surface area contributed by atoms with Gasteiger partial charge in [0.2, 0.25) is 0 Å². The fraction of sp³-hybridized carbons (Fsp3) is 0.118. The fourth-order valence-corrected chi connectivity index (χ4v) is 1.94. The summed E-state index contributed by atoms with van der Waals surface area (Å²) in [5.41, 5.74) is 5.10. The number of carbonyl (C=O) groups is 2. The van der Waals surface area contributed by atoms with Crippen LogP contribution < -0.4 is 5.43 Å². The Balaban J connectivity index is 2.07. The molecule has 1 N–H and O–H groups in total. The maximum Gasteiger partial charge on any atom is 0.271 e. The molecule has 2 aromatic rings. The first-order valence-electron chi connectivity index (χ1n) is 6.69. The SMILES string of the molecule is CC(=O)c1ccc(/C(C)=N/NC(=O)c2ccc(Cl)cc2)cc1. The normalized spacial score (nSPS) is 11.1. The zero-order chi connectivity index (χ0) is 16.1. The predicted molar refractivity (Wildman–Crippen MR) is 87.6 cm³/mol. The van der Waals surface area contributed by atoms with Crippen molar-refractivity contribution in [3.05, 3.63) is 70.2 Å². The van der Waals surface area contributed by atoms with Crippen LogP contribution in [0.25, 0.3) is 0 Å². The third-order valence-electron chi connectivity index (χ3n) is 3.14. The van der Waals surface area contributed by atoms with E-state index < -0.39 is 0 Å². The standard InChI is InChI=1S/C17H15ClN2O2/c1-11(13-3-5-14(6-4-13)12(2)21)19-20-17(22)15-7-9-16(18)10-8-15/h3-10H,1-2H3,(H,20,22)/b19-11+. The van der Waals surface area contributed by atoms with Crippen molar-refractivity contribution in [1.29, 1.82) is 0 Å². The molecule has 1 amide bonds. The number of halogens is 1. The Morgan fingerprint density at radius 1 is 0.864 bits per heavy atom. The van der Waals surface area contributed by atoms with E-state index in [0.717, 1.165) is 5.56 Å². The van der Waals surface area contributed by atoms with Crippen LogP contribution in [0.1, 0.15) is 40.1 Å². The number of carbonyl (C=O) groups excluding carboxylic acids is 2. The van der Waals surface area contributed by atoms with Gasteiger partial charge in [-0.25, -0.2) is 5.43 Å². The summed E-state index contributed by atoms with van der Waals surface area (Å²) < 4.78 is 0. The minimum Gasteiger partial charge on any atom is -0.295 e. The number of hydrogen-bond acceptors (Lipinski definition) is 3. The van der Waals surface area contributed by atoms with Gasteiger partial charge in [0.15, 0.2) is 5.78 Å². The lowest BCUT2D eigenvalue weighted by atomic mass is 10.1. The number of Topliss-reactive ketones (excluding diaryl/α,β-unsaturated/α-hetero) is 1. The molecule has 0 fully saturated rings. The third-order valence-corrected chi connectivity index (χ3v) is 3.39. The number of rotatable bonds is 4. The van der Waals surface area contributed by atoms with Gasteiger partial charge >= 0.3 is 0 Å². The number of hydrazone groups is 1. The minimum absolute atomic E-state index is 0.0113. The average molecular weight is 315 g/mol. The first-order valence-corrected chi connectivity index (χ1v) is 7.07. The molecule has 0 saturated heterocycles. The summed E-state index contributed by atoms with van der Waals surface area (Å²) in [5.74, 6) is -0.298. The van der Waals surface area contributed by atoms with Gasteiger partial charge in [0.25, 0.3) is 5.91 Å². The summed E-state index contributed by atoms with van der Waals surface area (Å²) in [4.78, 5) is 23.2. The Labute approximate surface area is 133 Å². The van der Waals surface area contributed by atoms with E-state index in [1.165, 1.54) is 6.92 Å². The lowest BCUT2D eigenvalue weighted by molar-refractivity contribution is 0.0954. The van der Waals surface area contributed by atoms with Crippen LogP contribution in [0.3, 0.4) is 0 Å². The van der Waals surface area contributed by atoms with Gasteiger partial charge in [0.1, 0.15) is 0 Å². The molecule has 0 atom stereocenters. The molecule has 2 rings (SSSR count). The maximum absolute atomic E-state index is 11.9. The van der Waals surface area contributed by atoms with Crippen molar-refractivity contribution >= 4 is 29.0 Å². The van der Waals surface area contributed by atoms with E-state index in [4.69, 9.17) is 11.6 Å². The van der Waals surface area contributed by atoms with Crippen LogP contribution in [0.5, 0.6) is 0 Å². The van der Waals surface area contributed by atoms with Crippen molar-refractivity contribution < 1.29 is 9.59 Å². The Bertz CT molecular complexity index is 719. The Hall–Kier alpha value is -2.46. The molecular formula is C17H15ClN2O2. The van der Waals surface area contributed by atoms with E-state index in [1.807, 2.05) is 0 Å². The van der Waals surface area contributed by atoms with Crippen molar-refractivity contribution in [2.75, 3.05) is 0 Å². The minimum atomic E-state index is -0.309.